The van der Waals surface area contributed by atoms with Crippen molar-refractivity contribution < 1.29 is 14.2 Å². The second-order valence-electron chi connectivity index (χ2n) is 7.06. The second kappa shape index (κ2) is 8.60. The Morgan fingerprint density at radius 1 is 0.939 bits per heavy atom. The molecular weight excluding hydrogens is 425 g/mol. The highest BCUT2D eigenvalue weighted by Crippen LogP contribution is 2.30. The van der Waals surface area contributed by atoms with Crippen LogP contribution in [0.1, 0.15) is 5.56 Å². The number of aromatic nitrogens is 6. The minimum absolute atomic E-state index is 0.0631. The predicted molar refractivity (Wildman–Crippen MR) is 120 cm³/mol. The third kappa shape index (κ3) is 3.83. The number of aliphatic hydroxyl groups excluding tert-OH is 1. The second-order valence-corrected chi connectivity index (χ2v) is 7.06. The topological polar surface area (TPSA) is 125 Å². The van der Waals surface area contributed by atoms with Crippen molar-refractivity contribution in [1.29, 1.82) is 0 Å². The van der Waals surface area contributed by atoms with Gasteiger partial charge in [-0.1, -0.05) is 12.1 Å². The molecule has 0 aliphatic rings. The molecule has 0 unspecified atom stereocenters. The van der Waals surface area contributed by atoms with Crippen LogP contribution in [0.4, 0.5) is 10.2 Å². The molecular formula is C23H18FN7O2. The highest BCUT2D eigenvalue weighted by atomic mass is 19.1. The molecule has 164 valence electrons. The standard InChI is InChI=1S/C23H18FN7O2/c24-13-33-19-8-3-15(11-28-19)17-6-7-18-22(29-17)31(16-4-1-14(12-32)2-5-16)23(30-18)20-21(25)27-10-9-26-20/h1-11,32H,12-13H2,(H2,25,27). The summed E-state index contributed by atoms with van der Waals surface area (Å²) in [5.41, 5.74) is 10.7. The van der Waals surface area contributed by atoms with Gasteiger partial charge >= 0.3 is 0 Å². The number of pyridine rings is 2. The van der Waals surface area contributed by atoms with Crippen LogP contribution in [0.15, 0.2) is 67.1 Å². The summed E-state index contributed by atoms with van der Waals surface area (Å²) in [6, 6.07) is 14.4. The number of fused-ring (bicyclic) bond motifs is 1. The number of aliphatic hydroxyl groups is 1. The first-order chi connectivity index (χ1) is 16.2. The van der Waals surface area contributed by atoms with Crippen molar-refractivity contribution in [2.75, 3.05) is 12.6 Å². The van der Waals surface area contributed by atoms with Crippen LogP contribution in [-0.2, 0) is 6.61 Å². The van der Waals surface area contributed by atoms with Crippen molar-refractivity contribution in [3.8, 4) is 34.3 Å². The van der Waals surface area contributed by atoms with Crippen molar-refractivity contribution in [3.63, 3.8) is 0 Å². The molecule has 0 aliphatic carbocycles. The van der Waals surface area contributed by atoms with Gasteiger partial charge in [0.2, 0.25) is 12.7 Å². The fourth-order valence-corrected chi connectivity index (χ4v) is 3.47. The molecule has 0 bridgehead atoms. The summed E-state index contributed by atoms with van der Waals surface area (Å²) < 4.78 is 19.0. The Kier molecular flexibility index (Phi) is 5.33. The van der Waals surface area contributed by atoms with E-state index in [-0.39, 0.29) is 18.3 Å². The van der Waals surface area contributed by atoms with E-state index in [1.807, 2.05) is 41.0 Å². The molecule has 5 aromatic rings. The summed E-state index contributed by atoms with van der Waals surface area (Å²) in [6.07, 6.45) is 4.63. The predicted octanol–water partition coefficient (Wildman–Crippen LogP) is 3.32. The van der Waals surface area contributed by atoms with Crippen LogP contribution in [0.3, 0.4) is 0 Å². The zero-order valence-electron chi connectivity index (χ0n) is 17.3. The molecule has 9 nitrogen and oxygen atoms in total. The minimum atomic E-state index is -0.945. The molecule has 0 aliphatic heterocycles. The highest BCUT2D eigenvalue weighted by Gasteiger charge is 2.19. The summed E-state index contributed by atoms with van der Waals surface area (Å²) in [6.45, 7) is -1.01. The SMILES string of the molecule is Nc1nccnc1-c1nc2ccc(-c3ccc(OCF)nc3)nc2n1-c1ccc(CO)cc1. The molecule has 0 spiro atoms. The smallest absolute Gasteiger partial charge is 0.230 e. The number of hydrogen-bond acceptors (Lipinski definition) is 8. The first kappa shape index (κ1) is 20.5. The van der Waals surface area contributed by atoms with Crippen molar-refractivity contribution in [2.24, 2.45) is 0 Å². The maximum absolute atomic E-state index is 12.4. The Balaban J connectivity index is 1.71. The Morgan fingerprint density at radius 2 is 1.76 bits per heavy atom. The maximum atomic E-state index is 12.4. The van der Waals surface area contributed by atoms with Crippen molar-refractivity contribution >= 4 is 17.0 Å². The van der Waals surface area contributed by atoms with Gasteiger partial charge in [-0.15, -0.1) is 0 Å². The van der Waals surface area contributed by atoms with Crippen LogP contribution in [0.2, 0.25) is 0 Å². The molecule has 0 fully saturated rings. The Labute approximate surface area is 187 Å². The lowest BCUT2D eigenvalue weighted by atomic mass is 10.2. The fourth-order valence-electron chi connectivity index (χ4n) is 3.47. The molecule has 4 heterocycles. The normalized spacial score (nSPS) is 11.1. The summed E-state index contributed by atoms with van der Waals surface area (Å²) in [4.78, 5) is 22.2. The quantitative estimate of drug-likeness (QED) is 0.409. The third-order valence-electron chi connectivity index (χ3n) is 5.05. The van der Waals surface area contributed by atoms with Crippen LogP contribution in [0.25, 0.3) is 39.6 Å². The first-order valence-corrected chi connectivity index (χ1v) is 9.99. The molecule has 33 heavy (non-hydrogen) atoms. The van der Waals surface area contributed by atoms with E-state index in [1.54, 1.807) is 24.5 Å². The van der Waals surface area contributed by atoms with E-state index in [0.29, 0.717) is 28.4 Å². The lowest BCUT2D eigenvalue weighted by Crippen LogP contribution is -2.04. The van der Waals surface area contributed by atoms with E-state index >= 15 is 0 Å². The Hall–Kier alpha value is -4.44. The van der Waals surface area contributed by atoms with Crippen LogP contribution in [0.5, 0.6) is 5.88 Å². The number of nitrogens with zero attached hydrogens (tertiary/aromatic N) is 6. The zero-order valence-corrected chi connectivity index (χ0v) is 17.3. The van der Waals surface area contributed by atoms with Gasteiger partial charge < -0.3 is 15.6 Å². The van der Waals surface area contributed by atoms with Gasteiger partial charge in [-0.25, -0.2) is 29.3 Å². The molecule has 10 heteroatoms. The first-order valence-electron chi connectivity index (χ1n) is 9.99. The number of rotatable bonds is 6. The van der Waals surface area contributed by atoms with Crippen LogP contribution in [-0.4, -0.2) is 41.5 Å². The number of ether oxygens (including phenoxy) is 1. The number of nitrogens with two attached hydrogens (primary N) is 1. The average Bonchev–Trinajstić information content (AvgIpc) is 3.23. The maximum Gasteiger partial charge on any atom is 0.230 e. The highest BCUT2D eigenvalue weighted by molar-refractivity contribution is 5.83. The van der Waals surface area contributed by atoms with Gasteiger partial charge in [0, 0.05) is 35.9 Å². The molecule has 1 aromatic carbocycles. The molecule has 0 saturated carbocycles. The molecule has 0 amide bonds. The van der Waals surface area contributed by atoms with Crippen molar-refractivity contribution in [1.82, 2.24) is 29.5 Å². The number of halogens is 1. The lowest BCUT2D eigenvalue weighted by molar-refractivity contribution is 0.185. The van der Waals surface area contributed by atoms with Gasteiger partial charge in [0.1, 0.15) is 11.2 Å². The fraction of sp³-hybridized carbons (Fsp3) is 0.0870. The average molecular weight is 443 g/mol. The van der Waals surface area contributed by atoms with Crippen LogP contribution >= 0.6 is 0 Å². The molecule has 0 saturated heterocycles. The number of benzene rings is 1. The summed E-state index contributed by atoms with van der Waals surface area (Å²) in [5, 5.41) is 9.41. The Bertz CT molecular complexity index is 1420. The van der Waals surface area contributed by atoms with Crippen molar-refractivity contribution in [3.05, 3.63) is 72.7 Å². The number of anilines is 1. The van der Waals surface area contributed by atoms with Gasteiger partial charge in [0.25, 0.3) is 0 Å². The minimum Gasteiger partial charge on any atom is -0.446 e. The summed E-state index contributed by atoms with van der Waals surface area (Å²) in [5.74, 6) is 0.924. The van der Waals surface area contributed by atoms with E-state index < -0.39 is 6.86 Å². The molecule has 0 radical (unpaired) electrons. The van der Waals surface area contributed by atoms with E-state index in [1.165, 1.54) is 6.20 Å². The summed E-state index contributed by atoms with van der Waals surface area (Å²) >= 11 is 0. The molecule has 0 atom stereocenters. The number of hydrogen-bond donors (Lipinski definition) is 2. The number of nitrogen functional groups attached to an aromatic ring is 1. The monoisotopic (exact) mass is 443 g/mol. The number of imidazole rings is 1. The van der Waals surface area contributed by atoms with Crippen molar-refractivity contribution in [2.45, 2.75) is 6.61 Å². The van der Waals surface area contributed by atoms with Gasteiger partial charge in [-0.2, -0.15) is 0 Å². The molecule has 3 N–H and O–H groups in total. The van der Waals surface area contributed by atoms with Gasteiger partial charge in [0.15, 0.2) is 17.3 Å². The summed E-state index contributed by atoms with van der Waals surface area (Å²) in [7, 11) is 0. The lowest BCUT2D eigenvalue weighted by Gasteiger charge is -2.10. The largest absolute Gasteiger partial charge is 0.446 e. The third-order valence-corrected chi connectivity index (χ3v) is 5.05. The van der Waals surface area contributed by atoms with Crippen LogP contribution < -0.4 is 10.5 Å². The Morgan fingerprint density at radius 3 is 2.45 bits per heavy atom. The van der Waals surface area contributed by atoms with E-state index in [9.17, 15) is 9.50 Å². The van der Waals surface area contributed by atoms with Gasteiger partial charge in [-0.05, 0) is 35.9 Å². The van der Waals surface area contributed by atoms with E-state index in [4.69, 9.17) is 20.4 Å². The van der Waals surface area contributed by atoms with Gasteiger partial charge in [0.05, 0.1) is 12.3 Å². The van der Waals surface area contributed by atoms with E-state index in [2.05, 4.69) is 15.0 Å². The molecule has 5 rings (SSSR count). The van der Waals surface area contributed by atoms with E-state index in [0.717, 1.165) is 16.8 Å². The number of alkyl halides is 1. The van der Waals surface area contributed by atoms with Crippen LogP contribution in [0, 0.1) is 0 Å². The molecule has 4 aromatic heterocycles. The zero-order chi connectivity index (χ0) is 22.8. The van der Waals surface area contributed by atoms with Gasteiger partial charge in [-0.3, -0.25) is 4.57 Å².